The highest BCUT2D eigenvalue weighted by Gasteiger charge is 2.18. The summed E-state index contributed by atoms with van der Waals surface area (Å²) < 4.78 is 25.3. The van der Waals surface area contributed by atoms with Crippen LogP contribution in [0.3, 0.4) is 0 Å². The summed E-state index contributed by atoms with van der Waals surface area (Å²) in [5, 5.41) is 5.11. The summed E-state index contributed by atoms with van der Waals surface area (Å²) in [4.78, 5) is 13.2. The van der Waals surface area contributed by atoms with Crippen molar-refractivity contribution in [2.45, 2.75) is 18.7 Å². The van der Waals surface area contributed by atoms with Gasteiger partial charge in [-0.15, -0.1) is 0 Å². The van der Waals surface area contributed by atoms with Gasteiger partial charge in [0.15, 0.2) is 9.84 Å². The lowest BCUT2D eigenvalue weighted by molar-refractivity contribution is 0.102. The Balaban J connectivity index is 1.69. The molecule has 0 aliphatic heterocycles. The maximum absolute atomic E-state index is 12.9. The van der Waals surface area contributed by atoms with Crippen LogP contribution in [0.4, 0.5) is 5.69 Å². The fourth-order valence-corrected chi connectivity index (χ4v) is 4.38. The van der Waals surface area contributed by atoms with Gasteiger partial charge in [0, 0.05) is 28.7 Å². The van der Waals surface area contributed by atoms with Crippen LogP contribution in [-0.2, 0) is 9.84 Å². The van der Waals surface area contributed by atoms with Crippen LogP contribution in [-0.4, -0.2) is 25.1 Å². The second-order valence-corrected chi connectivity index (χ2v) is 9.38. The lowest BCUT2D eigenvalue weighted by Crippen LogP contribution is -2.13. The van der Waals surface area contributed by atoms with Crippen molar-refractivity contribution in [2.24, 2.45) is 0 Å². The van der Waals surface area contributed by atoms with Crippen LogP contribution < -0.4 is 5.32 Å². The van der Waals surface area contributed by atoms with E-state index in [1.807, 2.05) is 44.2 Å². The smallest absolute Gasteiger partial charge is 0.257 e. The number of hydrogen-bond acceptors (Lipinski definition) is 3. The molecule has 0 saturated carbocycles. The maximum atomic E-state index is 12.9. The molecule has 1 amide bonds. The van der Waals surface area contributed by atoms with E-state index in [1.165, 1.54) is 12.1 Å². The number of amides is 1. The molecule has 0 atom stereocenters. The molecule has 4 aromatic rings. The summed E-state index contributed by atoms with van der Waals surface area (Å²) >= 11 is 0. The molecule has 0 saturated heterocycles. The third-order valence-corrected chi connectivity index (χ3v) is 6.35. The monoisotopic (exact) mass is 418 g/mol. The van der Waals surface area contributed by atoms with E-state index in [2.05, 4.69) is 28.1 Å². The molecule has 6 heteroatoms. The summed E-state index contributed by atoms with van der Waals surface area (Å²) in [7, 11) is -3.27. The largest absolute Gasteiger partial charge is 0.322 e. The van der Waals surface area contributed by atoms with Crippen molar-refractivity contribution < 1.29 is 13.2 Å². The van der Waals surface area contributed by atoms with Gasteiger partial charge in [-0.2, -0.15) is 0 Å². The van der Waals surface area contributed by atoms with E-state index in [-0.39, 0.29) is 10.8 Å². The molecule has 0 radical (unpaired) electrons. The van der Waals surface area contributed by atoms with Crippen molar-refractivity contribution in [3.63, 3.8) is 0 Å². The number of rotatable bonds is 4. The average molecular weight is 419 g/mol. The van der Waals surface area contributed by atoms with Gasteiger partial charge in [0.1, 0.15) is 0 Å². The first-order chi connectivity index (χ1) is 14.3. The normalized spacial score (nSPS) is 11.6. The molecule has 0 unspecified atom stereocenters. The number of nitrogens with one attached hydrogen (secondary N) is 1. The van der Waals surface area contributed by atoms with Crippen molar-refractivity contribution in [1.29, 1.82) is 0 Å². The highest BCUT2D eigenvalue weighted by Crippen LogP contribution is 2.28. The molecule has 152 valence electrons. The van der Waals surface area contributed by atoms with Crippen LogP contribution in [0.15, 0.2) is 77.7 Å². The second-order valence-electron chi connectivity index (χ2n) is 7.37. The molecule has 3 aromatic carbocycles. The summed E-state index contributed by atoms with van der Waals surface area (Å²) in [6.07, 6.45) is 1.16. The molecule has 5 nitrogen and oxygen atoms in total. The van der Waals surface area contributed by atoms with E-state index in [9.17, 15) is 13.2 Å². The SMILES string of the molecule is Cc1cc(C(=O)Nc2ccc(S(C)(=O)=O)cc2)c(C)n1-c1cccc2ccccc12. The lowest BCUT2D eigenvalue weighted by atomic mass is 10.1. The maximum Gasteiger partial charge on any atom is 0.257 e. The number of aromatic nitrogens is 1. The number of nitrogens with zero attached hydrogens (tertiary/aromatic N) is 1. The van der Waals surface area contributed by atoms with E-state index in [1.54, 1.807) is 12.1 Å². The second kappa shape index (κ2) is 7.46. The van der Waals surface area contributed by atoms with Gasteiger partial charge in [-0.25, -0.2) is 8.42 Å². The number of carbonyl (C=O) groups is 1. The van der Waals surface area contributed by atoms with Crippen LogP contribution in [0.1, 0.15) is 21.7 Å². The van der Waals surface area contributed by atoms with E-state index >= 15 is 0 Å². The third-order valence-electron chi connectivity index (χ3n) is 5.22. The molecule has 1 N–H and O–H groups in total. The third kappa shape index (κ3) is 3.62. The first kappa shape index (κ1) is 19.9. The fraction of sp³-hybridized carbons (Fsp3) is 0.125. The summed E-state index contributed by atoms with van der Waals surface area (Å²) in [5.41, 5.74) is 3.95. The molecular formula is C24H22N2O3S. The Morgan fingerprint density at radius 2 is 1.57 bits per heavy atom. The lowest BCUT2D eigenvalue weighted by Gasteiger charge is -2.13. The van der Waals surface area contributed by atoms with Crippen LogP contribution in [0.25, 0.3) is 16.5 Å². The molecule has 0 aliphatic rings. The number of anilines is 1. The Hall–Kier alpha value is -3.38. The van der Waals surface area contributed by atoms with Crippen molar-refractivity contribution in [3.8, 4) is 5.69 Å². The first-order valence-corrected chi connectivity index (χ1v) is 11.4. The Kier molecular flexibility index (Phi) is 4.95. The van der Waals surface area contributed by atoms with Gasteiger partial charge in [0.25, 0.3) is 5.91 Å². The summed E-state index contributed by atoms with van der Waals surface area (Å²) in [6, 6.07) is 22.3. The Morgan fingerprint density at radius 3 is 2.27 bits per heavy atom. The number of benzene rings is 3. The minimum atomic E-state index is -3.27. The zero-order valence-corrected chi connectivity index (χ0v) is 17.8. The van der Waals surface area contributed by atoms with E-state index in [0.717, 1.165) is 34.1 Å². The van der Waals surface area contributed by atoms with Gasteiger partial charge >= 0.3 is 0 Å². The molecule has 0 bridgehead atoms. The zero-order valence-electron chi connectivity index (χ0n) is 17.0. The molecule has 0 fully saturated rings. The van der Waals surface area contributed by atoms with Crippen molar-refractivity contribution in [2.75, 3.05) is 11.6 Å². The molecule has 0 aliphatic carbocycles. The number of fused-ring (bicyclic) bond motifs is 1. The number of hydrogen-bond donors (Lipinski definition) is 1. The van der Waals surface area contributed by atoms with Crippen LogP contribution >= 0.6 is 0 Å². The van der Waals surface area contributed by atoms with Crippen LogP contribution in [0.5, 0.6) is 0 Å². The van der Waals surface area contributed by atoms with Gasteiger partial charge in [0.05, 0.1) is 16.1 Å². The van der Waals surface area contributed by atoms with Crippen LogP contribution in [0, 0.1) is 13.8 Å². The van der Waals surface area contributed by atoms with E-state index in [4.69, 9.17) is 0 Å². The highest BCUT2D eigenvalue weighted by atomic mass is 32.2. The molecule has 0 spiro atoms. The predicted octanol–water partition coefficient (Wildman–Crippen LogP) is 4.90. The van der Waals surface area contributed by atoms with Crippen LogP contribution in [0.2, 0.25) is 0 Å². The fourth-order valence-electron chi connectivity index (χ4n) is 3.75. The van der Waals surface area contributed by atoms with Gasteiger partial charge in [-0.3, -0.25) is 4.79 Å². The molecule has 30 heavy (non-hydrogen) atoms. The van der Waals surface area contributed by atoms with Gasteiger partial charge in [-0.05, 0) is 55.6 Å². The zero-order chi connectivity index (χ0) is 21.5. The molecule has 1 aromatic heterocycles. The summed E-state index contributed by atoms with van der Waals surface area (Å²) in [5.74, 6) is -0.235. The summed E-state index contributed by atoms with van der Waals surface area (Å²) in [6.45, 7) is 3.91. The average Bonchev–Trinajstić information content (AvgIpc) is 3.01. The highest BCUT2D eigenvalue weighted by molar-refractivity contribution is 7.90. The quantitative estimate of drug-likeness (QED) is 0.512. The number of carbonyl (C=O) groups excluding carboxylic acids is 1. The molecular weight excluding hydrogens is 396 g/mol. The number of aryl methyl sites for hydroxylation is 1. The minimum Gasteiger partial charge on any atom is -0.322 e. The predicted molar refractivity (Wildman–Crippen MR) is 120 cm³/mol. The molecule has 4 rings (SSSR count). The van der Waals surface area contributed by atoms with Crippen molar-refractivity contribution >= 4 is 32.2 Å². The Labute approximate surface area is 175 Å². The molecule has 1 heterocycles. The van der Waals surface area contributed by atoms with Crippen molar-refractivity contribution in [1.82, 2.24) is 4.57 Å². The van der Waals surface area contributed by atoms with Crippen molar-refractivity contribution in [3.05, 3.63) is 89.7 Å². The Bertz CT molecular complexity index is 1360. The number of sulfone groups is 1. The Morgan fingerprint density at radius 1 is 0.900 bits per heavy atom. The van der Waals surface area contributed by atoms with E-state index in [0.29, 0.717) is 11.3 Å². The standard InChI is InChI=1S/C24H22N2O3S/c1-16-15-22(24(27)25-19-11-13-20(14-12-19)30(3,28)29)17(2)26(16)23-10-6-8-18-7-4-5-9-21(18)23/h4-15H,1-3H3,(H,25,27). The van der Waals surface area contributed by atoms with E-state index < -0.39 is 9.84 Å². The topological polar surface area (TPSA) is 68.2 Å². The minimum absolute atomic E-state index is 0.217. The van der Waals surface area contributed by atoms with Gasteiger partial charge in [-0.1, -0.05) is 36.4 Å². The van der Waals surface area contributed by atoms with Gasteiger partial charge in [0.2, 0.25) is 0 Å². The first-order valence-electron chi connectivity index (χ1n) is 9.54. The van der Waals surface area contributed by atoms with Gasteiger partial charge < -0.3 is 9.88 Å².